The van der Waals surface area contributed by atoms with E-state index in [1.165, 1.54) is 12.1 Å². The zero-order chi connectivity index (χ0) is 25.6. The predicted octanol–water partition coefficient (Wildman–Crippen LogP) is 5.34. The molecule has 1 unspecified atom stereocenters. The fourth-order valence-corrected chi connectivity index (χ4v) is 6.35. The molecule has 2 fully saturated rings. The molecule has 0 spiro atoms. The molecule has 2 bridgehead atoms. The lowest BCUT2D eigenvalue weighted by molar-refractivity contribution is -0.137. The lowest BCUT2D eigenvalue weighted by Crippen LogP contribution is -2.48. The highest BCUT2D eigenvalue weighted by Crippen LogP contribution is 2.41. The maximum atomic E-state index is 13.4. The first-order valence-electron chi connectivity index (χ1n) is 13.0. The molecule has 37 heavy (non-hydrogen) atoms. The molecule has 1 aromatic carbocycles. The van der Waals surface area contributed by atoms with Gasteiger partial charge in [-0.15, -0.1) is 5.10 Å². The minimum Gasteiger partial charge on any atom is -0.481 e. The molecule has 3 aromatic rings. The van der Waals surface area contributed by atoms with Gasteiger partial charge >= 0.3 is 6.18 Å². The number of aromatic nitrogens is 4. The van der Waals surface area contributed by atoms with Crippen LogP contribution in [-0.2, 0) is 12.7 Å². The van der Waals surface area contributed by atoms with E-state index >= 15 is 0 Å². The lowest BCUT2D eigenvalue weighted by Gasteiger charge is -2.39. The Bertz CT molecular complexity index is 1250. The predicted molar refractivity (Wildman–Crippen MR) is 134 cm³/mol. The number of alkyl halides is 3. The summed E-state index contributed by atoms with van der Waals surface area (Å²) < 4.78 is 47.3. The summed E-state index contributed by atoms with van der Waals surface area (Å²) in [6.07, 6.45) is 2.32. The highest BCUT2D eigenvalue weighted by molar-refractivity contribution is 5.49. The molecule has 7 nitrogen and oxygen atoms in total. The van der Waals surface area contributed by atoms with Crippen molar-refractivity contribution in [3.63, 3.8) is 0 Å². The van der Waals surface area contributed by atoms with Crippen LogP contribution in [0.5, 0.6) is 5.88 Å². The van der Waals surface area contributed by atoms with E-state index < -0.39 is 11.7 Å². The number of aryl methyl sites for hydroxylation is 1. The summed E-state index contributed by atoms with van der Waals surface area (Å²) >= 11 is 0. The van der Waals surface area contributed by atoms with Crippen molar-refractivity contribution in [1.82, 2.24) is 19.7 Å². The summed E-state index contributed by atoms with van der Waals surface area (Å²) in [4.78, 5) is 11.5. The van der Waals surface area contributed by atoms with Crippen LogP contribution in [0.3, 0.4) is 0 Å². The molecule has 1 saturated heterocycles. The van der Waals surface area contributed by atoms with Gasteiger partial charge in [-0.3, -0.25) is 0 Å². The first kappa shape index (κ1) is 24.1. The number of rotatable bonds is 5. The van der Waals surface area contributed by atoms with Crippen LogP contribution in [0.25, 0.3) is 0 Å². The second-order valence-electron chi connectivity index (χ2n) is 10.4. The molecule has 1 saturated carbocycles. The second-order valence-corrected chi connectivity index (χ2v) is 10.4. The first-order valence-corrected chi connectivity index (χ1v) is 13.0. The number of methoxy groups -OCH3 is 1. The van der Waals surface area contributed by atoms with Crippen LogP contribution in [0.2, 0.25) is 0 Å². The third kappa shape index (κ3) is 4.73. The van der Waals surface area contributed by atoms with Crippen LogP contribution >= 0.6 is 0 Å². The van der Waals surface area contributed by atoms with E-state index in [1.54, 1.807) is 19.4 Å². The van der Waals surface area contributed by atoms with Crippen molar-refractivity contribution in [2.24, 2.45) is 11.8 Å². The fraction of sp³-hybridized carbons (Fsp3) is 0.519. The maximum Gasteiger partial charge on any atom is 0.416 e. The molecular weight excluding hydrogens is 481 g/mol. The SMILES string of the molecule is COc1cc(N2C[C@H]3CC[C@@H](C2)C3Nc2nc3n(n2)CCCC[C@H]3c2cccc(C(F)(F)F)c2)ccn1. The van der Waals surface area contributed by atoms with E-state index in [0.29, 0.717) is 29.2 Å². The van der Waals surface area contributed by atoms with Crippen molar-refractivity contribution in [3.05, 3.63) is 59.5 Å². The van der Waals surface area contributed by atoms with Gasteiger partial charge in [-0.25, -0.2) is 9.67 Å². The molecule has 4 heterocycles. The number of hydrogen-bond acceptors (Lipinski definition) is 6. The molecule has 4 atom stereocenters. The zero-order valence-corrected chi connectivity index (χ0v) is 20.8. The normalized spacial score (nSPS) is 25.5. The number of nitrogens with zero attached hydrogens (tertiary/aromatic N) is 5. The summed E-state index contributed by atoms with van der Waals surface area (Å²) in [7, 11) is 1.63. The van der Waals surface area contributed by atoms with Gasteiger partial charge in [-0.2, -0.15) is 18.2 Å². The summed E-state index contributed by atoms with van der Waals surface area (Å²) in [6.45, 7) is 2.60. The smallest absolute Gasteiger partial charge is 0.416 e. The average Bonchev–Trinajstić information content (AvgIpc) is 3.30. The molecular formula is C27H31F3N6O. The second kappa shape index (κ2) is 9.54. The fourth-order valence-electron chi connectivity index (χ4n) is 6.35. The third-order valence-corrected chi connectivity index (χ3v) is 8.16. The summed E-state index contributed by atoms with van der Waals surface area (Å²) in [5.41, 5.74) is 1.16. The Morgan fingerprint density at radius 2 is 1.84 bits per heavy atom. The van der Waals surface area contributed by atoms with Gasteiger partial charge in [0.15, 0.2) is 0 Å². The molecule has 3 aliphatic rings. The van der Waals surface area contributed by atoms with Crippen molar-refractivity contribution in [2.75, 3.05) is 30.4 Å². The number of piperidine rings is 1. The van der Waals surface area contributed by atoms with Crippen molar-refractivity contribution in [2.45, 2.75) is 56.8 Å². The number of benzene rings is 1. The van der Waals surface area contributed by atoms with Crippen molar-refractivity contribution in [3.8, 4) is 5.88 Å². The summed E-state index contributed by atoms with van der Waals surface area (Å²) in [6, 6.07) is 9.95. The largest absolute Gasteiger partial charge is 0.481 e. The number of nitrogens with one attached hydrogen (secondary N) is 1. The van der Waals surface area contributed by atoms with Gasteiger partial charge < -0.3 is 15.0 Å². The molecule has 6 rings (SSSR count). The highest BCUT2D eigenvalue weighted by atomic mass is 19.4. The molecule has 2 aliphatic heterocycles. The Hall–Kier alpha value is -3.30. The van der Waals surface area contributed by atoms with Crippen molar-refractivity contribution < 1.29 is 17.9 Å². The number of fused-ring (bicyclic) bond motifs is 3. The van der Waals surface area contributed by atoms with E-state index in [9.17, 15) is 13.2 Å². The van der Waals surface area contributed by atoms with Crippen molar-refractivity contribution in [1.29, 1.82) is 0 Å². The van der Waals surface area contributed by atoms with Gasteiger partial charge in [0.2, 0.25) is 11.8 Å². The van der Waals surface area contributed by atoms with Gasteiger partial charge in [0.25, 0.3) is 0 Å². The number of hydrogen-bond donors (Lipinski definition) is 1. The summed E-state index contributed by atoms with van der Waals surface area (Å²) in [5, 5.41) is 8.42. The lowest BCUT2D eigenvalue weighted by atomic mass is 9.91. The first-order chi connectivity index (χ1) is 17.9. The molecule has 0 radical (unpaired) electrons. The van der Waals surface area contributed by atoms with Crippen LogP contribution in [-0.4, -0.2) is 46.0 Å². The standard InChI is InChI=1S/C27H31F3N6O/c1-37-23-14-21(10-11-31-23)35-15-18-8-9-19(16-35)24(18)32-26-33-25-22(7-2-3-12-36(25)34-26)17-5-4-6-20(13-17)27(28,29)30/h4-6,10-11,13-14,18-19,22,24H,2-3,7-9,12,15-16H2,1H3,(H,32,34)/t18-,19+,22-,24?/m0/s1. The maximum absolute atomic E-state index is 13.4. The number of pyridine rings is 1. The molecule has 1 aliphatic carbocycles. The van der Waals surface area contributed by atoms with Crippen molar-refractivity contribution >= 4 is 11.6 Å². The van der Waals surface area contributed by atoms with Crippen LogP contribution in [0.4, 0.5) is 24.8 Å². The Morgan fingerprint density at radius 3 is 2.59 bits per heavy atom. The van der Waals surface area contributed by atoms with E-state index in [4.69, 9.17) is 14.8 Å². The number of halogens is 3. The van der Waals surface area contributed by atoms with Gasteiger partial charge in [0.1, 0.15) is 5.82 Å². The van der Waals surface area contributed by atoms with E-state index in [2.05, 4.69) is 15.2 Å². The Morgan fingerprint density at radius 1 is 1.03 bits per heavy atom. The number of ether oxygens (including phenoxy) is 1. The quantitative estimate of drug-likeness (QED) is 0.498. The Balaban J connectivity index is 1.21. The van der Waals surface area contributed by atoms with Gasteiger partial charge in [0.05, 0.1) is 12.7 Å². The molecule has 196 valence electrons. The van der Waals surface area contributed by atoms with Crippen LogP contribution in [0.1, 0.15) is 55.0 Å². The van der Waals surface area contributed by atoms with Crippen LogP contribution in [0, 0.1) is 11.8 Å². The Labute approximate surface area is 214 Å². The molecule has 2 aromatic heterocycles. The zero-order valence-electron chi connectivity index (χ0n) is 20.8. The van der Waals surface area contributed by atoms with Crippen LogP contribution < -0.4 is 15.0 Å². The van der Waals surface area contributed by atoms with Gasteiger partial charge in [0, 0.05) is 49.5 Å². The summed E-state index contributed by atoms with van der Waals surface area (Å²) in [5.74, 6) is 2.68. The van der Waals surface area contributed by atoms with E-state index in [0.717, 1.165) is 69.3 Å². The minimum atomic E-state index is -4.36. The molecule has 10 heteroatoms. The van der Waals surface area contributed by atoms with Gasteiger partial charge in [-0.05, 0) is 55.2 Å². The molecule has 1 N–H and O–H groups in total. The van der Waals surface area contributed by atoms with E-state index in [-0.39, 0.29) is 12.0 Å². The monoisotopic (exact) mass is 512 g/mol. The highest BCUT2D eigenvalue weighted by Gasteiger charge is 2.43. The topological polar surface area (TPSA) is 68.1 Å². The van der Waals surface area contributed by atoms with E-state index in [1.807, 2.05) is 16.8 Å². The van der Waals surface area contributed by atoms with Crippen LogP contribution in [0.15, 0.2) is 42.6 Å². The third-order valence-electron chi connectivity index (χ3n) is 8.16. The Kier molecular flexibility index (Phi) is 6.20. The molecule has 0 amide bonds. The number of anilines is 2. The average molecular weight is 513 g/mol. The van der Waals surface area contributed by atoms with Gasteiger partial charge in [-0.1, -0.05) is 24.6 Å². The minimum absolute atomic E-state index is 0.201.